The number of nitrogens with one attached hydrogen (secondary N) is 2. The van der Waals surface area contributed by atoms with E-state index in [1.165, 1.54) is 0 Å². The second kappa shape index (κ2) is 13.9. The fourth-order valence-electron chi connectivity index (χ4n) is 3.80. The molecule has 2 aromatic carbocycles. The number of rotatable bonds is 12. The molecule has 2 N–H and O–H groups in total. The molecule has 2 aromatic rings. The Bertz CT molecular complexity index is 917. The highest BCUT2D eigenvalue weighted by atomic mass is 35.5. The largest absolute Gasteiger partial charge is 0.492 e. The fourth-order valence-corrected chi connectivity index (χ4v) is 3.93. The molecule has 0 aromatic heterocycles. The first-order chi connectivity index (χ1) is 16.5. The third-order valence-corrected chi connectivity index (χ3v) is 6.14. The highest BCUT2D eigenvalue weighted by Gasteiger charge is 2.18. The molecule has 3 rings (SSSR count). The standard InChI is InChI=1S/C26H34ClN3O4/c1-30(23-11-15-33-16-12-23)14-17-34-24-5-2-4-20(18-24)19-29-25(31)6-3-13-28-26(32)21-7-9-22(27)10-8-21/h2,4-5,7-10,18,23H,3,6,11-17,19H2,1H3,(H,28,32)(H,29,31). The number of hydrogen-bond acceptors (Lipinski definition) is 5. The Morgan fingerprint density at radius 1 is 1.12 bits per heavy atom. The Kier molecular flexibility index (Phi) is 10.7. The van der Waals surface area contributed by atoms with Gasteiger partial charge in [-0.25, -0.2) is 0 Å². The Morgan fingerprint density at radius 2 is 1.88 bits per heavy atom. The van der Waals surface area contributed by atoms with E-state index in [2.05, 4.69) is 22.6 Å². The molecular weight excluding hydrogens is 454 g/mol. The number of carbonyl (C=O) groups is 2. The normalized spacial score (nSPS) is 14.1. The first-order valence-corrected chi connectivity index (χ1v) is 12.2. The summed E-state index contributed by atoms with van der Waals surface area (Å²) in [6.45, 7) is 4.02. The molecule has 2 amide bonds. The van der Waals surface area contributed by atoms with Gasteiger partial charge in [0.2, 0.25) is 5.91 Å². The number of benzene rings is 2. The van der Waals surface area contributed by atoms with Crippen LogP contribution in [0.25, 0.3) is 0 Å². The van der Waals surface area contributed by atoms with Crippen LogP contribution in [0.1, 0.15) is 41.6 Å². The van der Waals surface area contributed by atoms with Gasteiger partial charge in [0, 0.05) is 55.9 Å². The summed E-state index contributed by atoms with van der Waals surface area (Å²) < 4.78 is 11.4. The predicted molar refractivity (Wildman–Crippen MR) is 133 cm³/mol. The molecule has 0 spiro atoms. The number of hydrogen-bond donors (Lipinski definition) is 2. The van der Waals surface area contributed by atoms with Gasteiger partial charge in [-0.1, -0.05) is 23.7 Å². The lowest BCUT2D eigenvalue weighted by Crippen LogP contribution is -2.38. The van der Waals surface area contributed by atoms with Crippen molar-refractivity contribution in [3.63, 3.8) is 0 Å². The molecule has 7 nitrogen and oxygen atoms in total. The van der Waals surface area contributed by atoms with E-state index < -0.39 is 0 Å². The number of likely N-dealkylation sites (N-methyl/N-ethyl adjacent to an activating group) is 1. The number of amides is 2. The molecule has 1 aliphatic rings. The molecule has 0 atom stereocenters. The lowest BCUT2D eigenvalue weighted by Gasteiger charge is -2.31. The molecule has 184 valence electrons. The Balaban J connectivity index is 1.30. The minimum absolute atomic E-state index is 0.0508. The SMILES string of the molecule is CN(CCOc1cccc(CNC(=O)CCCNC(=O)c2ccc(Cl)cc2)c1)C1CCOCC1. The second-order valence-electron chi connectivity index (χ2n) is 8.46. The quantitative estimate of drug-likeness (QED) is 0.447. The third kappa shape index (κ3) is 8.97. The van der Waals surface area contributed by atoms with Crippen LogP contribution in [0.2, 0.25) is 5.02 Å². The molecule has 0 unspecified atom stereocenters. The maximum atomic E-state index is 12.2. The average Bonchev–Trinajstić information content (AvgIpc) is 2.86. The van der Waals surface area contributed by atoms with E-state index in [1.807, 2.05) is 24.3 Å². The van der Waals surface area contributed by atoms with Gasteiger partial charge in [-0.05, 0) is 68.3 Å². The zero-order chi connectivity index (χ0) is 24.2. The van der Waals surface area contributed by atoms with E-state index in [4.69, 9.17) is 21.1 Å². The van der Waals surface area contributed by atoms with E-state index in [0.29, 0.717) is 49.2 Å². The van der Waals surface area contributed by atoms with Crippen LogP contribution in [0, 0.1) is 0 Å². The van der Waals surface area contributed by atoms with Gasteiger partial charge in [-0.3, -0.25) is 14.5 Å². The van der Waals surface area contributed by atoms with Crippen molar-refractivity contribution in [3.8, 4) is 5.75 Å². The number of nitrogens with zero attached hydrogens (tertiary/aromatic N) is 1. The second-order valence-corrected chi connectivity index (χ2v) is 8.90. The molecule has 0 radical (unpaired) electrons. The third-order valence-electron chi connectivity index (χ3n) is 5.89. The molecular formula is C26H34ClN3O4. The topological polar surface area (TPSA) is 79.9 Å². The zero-order valence-corrected chi connectivity index (χ0v) is 20.5. The first-order valence-electron chi connectivity index (χ1n) is 11.8. The van der Waals surface area contributed by atoms with Gasteiger partial charge >= 0.3 is 0 Å². The number of carbonyl (C=O) groups excluding carboxylic acids is 2. The molecule has 34 heavy (non-hydrogen) atoms. The molecule has 1 saturated heterocycles. The number of halogens is 1. The summed E-state index contributed by atoms with van der Waals surface area (Å²) in [7, 11) is 2.13. The van der Waals surface area contributed by atoms with Crippen LogP contribution in [0.4, 0.5) is 0 Å². The van der Waals surface area contributed by atoms with Crippen molar-refractivity contribution in [2.45, 2.75) is 38.3 Å². The predicted octanol–water partition coefficient (Wildman–Crippen LogP) is 3.66. The molecule has 1 heterocycles. The van der Waals surface area contributed by atoms with Gasteiger partial charge in [0.15, 0.2) is 0 Å². The van der Waals surface area contributed by atoms with Gasteiger partial charge in [0.1, 0.15) is 12.4 Å². The van der Waals surface area contributed by atoms with Crippen molar-refractivity contribution < 1.29 is 19.1 Å². The minimum Gasteiger partial charge on any atom is -0.492 e. The van der Waals surface area contributed by atoms with E-state index in [-0.39, 0.29) is 11.8 Å². The van der Waals surface area contributed by atoms with E-state index in [0.717, 1.165) is 43.9 Å². The molecule has 0 bridgehead atoms. The van der Waals surface area contributed by atoms with Crippen LogP contribution in [0.3, 0.4) is 0 Å². The summed E-state index contributed by atoms with van der Waals surface area (Å²) >= 11 is 5.83. The first kappa shape index (κ1) is 26.0. The highest BCUT2D eigenvalue weighted by molar-refractivity contribution is 6.30. The molecule has 0 saturated carbocycles. The highest BCUT2D eigenvalue weighted by Crippen LogP contribution is 2.15. The molecule has 8 heteroatoms. The van der Waals surface area contributed by atoms with Crippen LogP contribution >= 0.6 is 11.6 Å². The lowest BCUT2D eigenvalue weighted by molar-refractivity contribution is -0.121. The Hall–Kier alpha value is -2.61. The van der Waals surface area contributed by atoms with Crippen LogP contribution in [0.5, 0.6) is 5.75 Å². The lowest BCUT2D eigenvalue weighted by atomic mass is 10.1. The summed E-state index contributed by atoms with van der Waals surface area (Å²) in [5, 5.41) is 6.33. The smallest absolute Gasteiger partial charge is 0.251 e. The van der Waals surface area contributed by atoms with Gasteiger partial charge in [-0.15, -0.1) is 0 Å². The van der Waals surface area contributed by atoms with Crippen molar-refractivity contribution in [2.24, 2.45) is 0 Å². The maximum absolute atomic E-state index is 12.2. The molecule has 0 aliphatic carbocycles. The summed E-state index contributed by atoms with van der Waals surface area (Å²) in [5.41, 5.74) is 1.53. The monoisotopic (exact) mass is 487 g/mol. The van der Waals surface area contributed by atoms with Crippen molar-refractivity contribution in [2.75, 3.05) is 40.0 Å². The van der Waals surface area contributed by atoms with Crippen molar-refractivity contribution in [1.29, 1.82) is 0 Å². The van der Waals surface area contributed by atoms with Crippen LogP contribution < -0.4 is 15.4 Å². The van der Waals surface area contributed by atoms with Crippen molar-refractivity contribution >= 4 is 23.4 Å². The van der Waals surface area contributed by atoms with Crippen LogP contribution in [-0.4, -0.2) is 62.7 Å². The number of ether oxygens (including phenoxy) is 2. The zero-order valence-electron chi connectivity index (χ0n) is 19.7. The van der Waals surface area contributed by atoms with Gasteiger partial charge in [-0.2, -0.15) is 0 Å². The van der Waals surface area contributed by atoms with E-state index in [1.54, 1.807) is 24.3 Å². The average molecular weight is 488 g/mol. The van der Waals surface area contributed by atoms with Gasteiger partial charge in [0.25, 0.3) is 5.91 Å². The van der Waals surface area contributed by atoms with Gasteiger partial charge in [0.05, 0.1) is 0 Å². The van der Waals surface area contributed by atoms with Crippen LogP contribution in [0.15, 0.2) is 48.5 Å². The summed E-state index contributed by atoms with van der Waals surface area (Å²) in [4.78, 5) is 26.6. The van der Waals surface area contributed by atoms with Crippen molar-refractivity contribution in [3.05, 3.63) is 64.7 Å². The Morgan fingerprint density at radius 3 is 2.65 bits per heavy atom. The molecule has 1 fully saturated rings. The maximum Gasteiger partial charge on any atom is 0.251 e. The van der Waals surface area contributed by atoms with Crippen molar-refractivity contribution in [1.82, 2.24) is 15.5 Å². The Labute approximate surface area is 206 Å². The van der Waals surface area contributed by atoms with Crippen LogP contribution in [-0.2, 0) is 16.1 Å². The van der Waals surface area contributed by atoms with E-state index >= 15 is 0 Å². The van der Waals surface area contributed by atoms with E-state index in [9.17, 15) is 9.59 Å². The van der Waals surface area contributed by atoms with Gasteiger partial charge < -0.3 is 20.1 Å². The minimum atomic E-state index is -0.173. The summed E-state index contributed by atoms with van der Waals surface area (Å²) in [6, 6.07) is 15.1. The fraction of sp³-hybridized carbons (Fsp3) is 0.462. The summed E-state index contributed by atoms with van der Waals surface area (Å²) in [6.07, 6.45) is 3.05. The summed E-state index contributed by atoms with van der Waals surface area (Å²) in [5.74, 6) is 0.579. The molecule has 1 aliphatic heterocycles.